The molecule has 1 rings (SSSR count). The zero-order valence-electron chi connectivity index (χ0n) is 13.4. The molecule has 0 aliphatic rings. The normalized spacial score (nSPS) is 12.6. The van der Waals surface area contributed by atoms with Crippen molar-refractivity contribution < 1.29 is 9.66 Å². The fraction of sp³-hybridized carbons (Fsp3) is 0.786. The van der Waals surface area contributed by atoms with Crippen LogP contribution in [-0.2, 0) is 24.6 Å². The third-order valence-electron chi connectivity index (χ3n) is 3.37. The Kier molecular flexibility index (Phi) is 7.31. The van der Waals surface area contributed by atoms with E-state index < -0.39 is 0 Å². The zero-order valence-corrected chi connectivity index (χ0v) is 13.4. The first-order valence-corrected chi connectivity index (χ1v) is 7.46. The fourth-order valence-electron chi connectivity index (χ4n) is 2.43. The molecule has 0 saturated heterocycles. The van der Waals surface area contributed by atoms with Crippen LogP contribution in [0.2, 0.25) is 0 Å². The van der Waals surface area contributed by atoms with Crippen LogP contribution < -0.4 is 5.32 Å². The Bertz CT molecular complexity index is 459. The van der Waals surface area contributed by atoms with E-state index in [4.69, 9.17) is 4.74 Å². The van der Waals surface area contributed by atoms with Crippen LogP contribution in [0.5, 0.6) is 0 Å². The Morgan fingerprint density at radius 1 is 1.43 bits per heavy atom. The molecule has 1 heterocycles. The summed E-state index contributed by atoms with van der Waals surface area (Å²) in [4.78, 5) is 11.1. The first-order chi connectivity index (χ1) is 10.0. The van der Waals surface area contributed by atoms with E-state index in [0.29, 0.717) is 30.8 Å². The van der Waals surface area contributed by atoms with Gasteiger partial charge in [0.05, 0.1) is 11.5 Å². The second-order valence-electron chi connectivity index (χ2n) is 5.18. The molecule has 1 aromatic heterocycles. The van der Waals surface area contributed by atoms with E-state index in [2.05, 4.69) is 17.3 Å². The van der Waals surface area contributed by atoms with Gasteiger partial charge in [-0.1, -0.05) is 20.3 Å². The van der Waals surface area contributed by atoms with Gasteiger partial charge in [0.1, 0.15) is 11.4 Å². The van der Waals surface area contributed by atoms with E-state index in [1.54, 1.807) is 18.8 Å². The Balaban J connectivity index is 3.00. The molecular weight excluding hydrogens is 272 g/mol. The topological polar surface area (TPSA) is 82.2 Å². The highest BCUT2D eigenvalue weighted by Crippen LogP contribution is 2.25. The number of rotatable bonds is 10. The summed E-state index contributed by atoms with van der Waals surface area (Å²) in [6.45, 7) is 5.46. The van der Waals surface area contributed by atoms with Crippen LogP contribution in [0.4, 0.5) is 5.69 Å². The van der Waals surface area contributed by atoms with Crippen LogP contribution in [0.25, 0.3) is 0 Å². The van der Waals surface area contributed by atoms with Crippen LogP contribution >= 0.6 is 0 Å². The summed E-state index contributed by atoms with van der Waals surface area (Å²) in [7, 11) is 3.41. The summed E-state index contributed by atoms with van der Waals surface area (Å²) in [5, 5.41) is 19.1. The molecule has 0 amide bonds. The zero-order chi connectivity index (χ0) is 15.8. The van der Waals surface area contributed by atoms with Gasteiger partial charge < -0.3 is 10.1 Å². The first-order valence-electron chi connectivity index (χ1n) is 7.46. The highest BCUT2D eigenvalue weighted by molar-refractivity contribution is 5.42. The van der Waals surface area contributed by atoms with Crippen LogP contribution in [0.3, 0.4) is 0 Å². The SMILES string of the molecule is CCCNC(COC)Cc1c([N+](=O)[O-])c(CCC)nn1C. The predicted molar refractivity (Wildman–Crippen MR) is 81.5 cm³/mol. The summed E-state index contributed by atoms with van der Waals surface area (Å²) < 4.78 is 6.84. The molecule has 0 aliphatic heterocycles. The molecule has 1 N–H and O–H groups in total. The largest absolute Gasteiger partial charge is 0.383 e. The average Bonchev–Trinajstić information content (AvgIpc) is 2.73. The van der Waals surface area contributed by atoms with Gasteiger partial charge in [0.15, 0.2) is 0 Å². The average molecular weight is 298 g/mol. The van der Waals surface area contributed by atoms with Crippen LogP contribution in [0.1, 0.15) is 38.1 Å². The van der Waals surface area contributed by atoms with E-state index in [-0.39, 0.29) is 16.7 Å². The Labute approximate surface area is 125 Å². The highest BCUT2D eigenvalue weighted by atomic mass is 16.6. The summed E-state index contributed by atoms with van der Waals surface area (Å²) in [5.74, 6) is 0. The quantitative estimate of drug-likeness (QED) is 0.526. The minimum absolute atomic E-state index is 0.0542. The molecule has 1 unspecified atom stereocenters. The molecule has 1 atom stereocenters. The van der Waals surface area contributed by atoms with Crippen LogP contribution in [0.15, 0.2) is 0 Å². The lowest BCUT2D eigenvalue weighted by Gasteiger charge is -2.17. The maximum atomic E-state index is 11.4. The number of methoxy groups -OCH3 is 1. The number of nitrogens with zero attached hydrogens (tertiary/aromatic N) is 3. The summed E-state index contributed by atoms with van der Waals surface area (Å²) in [5.41, 5.74) is 1.40. The van der Waals surface area contributed by atoms with E-state index in [0.717, 1.165) is 19.4 Å². The maximum Gasteiger partial charge on any atom is 0.313 e. The van der Waals surface area contributed by atoms with Gasteiger partial charge in [-0.15, -0.1) is 0 Å². The van der Waals surface area contributed by atoms with Gasteiger partial charge in [-0.3, -0.25) is 14.8 Å². The molecule has 0 aromatic carbocycles. The number of hydrogen-bond donors (Lipinski definition) is 1. The number of ether oxygens (including phenoxy) is 1. The first kappa shape index (κ1) is 17.6. The second-order valence-corrected chi connectivity index (χ2v) is 5.18. The molecule has 0 radical (unpaired) electrons. The monoisotopic (exact) mass is 298 g/mol. The molecule has 1 aromatic rings. The third kappa shape index (κ3) is 4.78. The van der Waals surface area contributed by atoms with Crippen molar-refractivity contribution in [1.82, 2.24) is 15.1 Å². The van der Waals surface area contributed by atoms with Gasteiger partial charge in [-0.2, -0.15) is 5.10 Å². The number of aryl methyl sites for hydroxylation is 2. The molecule has 21 heavy (non-hydrogen) atoms. The molecule has 7 heteroatoms. The summed E-state index contributed by atoms with van der Waals surface area (Å²) in [6, 6.07) is 0.0542. The van der Waals surface area contributed by atoms with Gasteiger partial charge in [-0.25, -0.2) is 0 Å². The molecule has 120 valence electrons. The third-order valence-corrected chi connectivity index (χ3v) is 3.37. The van der Waals surface area contributed by atoms with Crippen LogP contribution in [-0.4, -0.2) is 41.0 Å². The van der Waals surface area contributed by atoms with Crippen molar-refractivity contribution in [2.75, 3.05) is 20.3 Å². The minimum Gasteiger partial charge on any atom is -0.383 e. The number of nitro groups is 1. The summed E-state index contributed by atoms with van der Waals surface area (Å²) in [6.07, 6.45) is 3.01. The highest BCUT2D eigenvalue weighted by Gasteiger charge is 2.27. The lowest BCUT2D eigenvalue weighted by molar-refractivity contribution is -0.386. The fourth-order valence-corrected chi connectivity index (χ4v) is 2.43. The van der Waals surface area contributed by atoms with E-state index in [9.17, 15) is 10.1 Å². The minimum atomic E-state index is -0.309. The molecular formula is C14H26N4O3. The number of aromatic nitrogens is 2. The standard InChI is InChI=1S/C14H26N4O3/c1-5-7-12-14(18(19)20)13(17(3)16-12)9-11(10-21-4)15-8-6-2/h11,15H,5-10H2,1-4H3. The van der Waals surface area contributed by atoms with E-state index in [1.807, 2.05) is 6.92 Å². The molecule has 0 spiro atoms. The van der Waals surface area contributed by atoms with Gasteiger partial charge in [-0.05, 0) is 19.4 Å². The molecule has 7 nitrogen and oxygen atoms in total. The van der Waals surface area contributed by atoms with Crippen molar-refractivity contribution in [3.63, 3.8) is 0 Å². The van der Waals surface area contributed by atoms with Gasteiger partial charge >= 0.3 is 5.69 Å². The van der Waals surface area contributed by atoms with Gasteiger partial charge in [0.25, 0.3) is 0 Å². The Morgan fingerprint density at radius 2 is 2.14 bits per heavy atom. The van der Waals surface area contributed by atoms with Crippen molar-refractivity contribution in [3.8, 4) is 0 Å². The molecule has 0 aliphatic carbocycles. The van der Waals surface area contributed by atoms with Gasteiger partial charge in [0, 0.05) is 26.6 Å². The summed E-state index contributed by atoms with van der Waals surface area (Å²) >= 11 is 0. The molecule has 0 fully saturated rings. The molecule has 0 bridgehead atoms. The van der Waals surface area contributed by atoms with Crippen molar-refractivity contribution in [3.05, 3.63) is 21.5 Å². The van der Waals surface area contributed by atoms with Crippen molar-refractivity contribution >= 4 is 5.69 Å². The van der Waals surface area contributed by atoms with Crippen LogP contribution in [0, 0.1) is 10.1 Å². The predicted octanol–water partition coefficient (Wildman–Crippen LogP) is 1.84. The van der Waals surface area contributed by atoms with Crippen molar-refractivity contribution in [1.29, 1.82) is 0 Å². The maximum absolute atomic E-state index is 11.4. The molecule has 0 saturated carbocycles. The lowest BCUT2D eigenvalue weighted by atomic mass is 10.1. The van der Waals surface area contributed by atoms with E-state index >= 15 is 0 Å². The smallest absolute Gasteiger partial charge is 0.313 e. The van der Waals surface area contributed by atoms with Crippen molar-refractivity contribution in [2.24, 2.45) is 7.05 Å². The second kappa shape index (κ2) is 8.74. The Hall–Kier alpha value is -1.47. The lowest BCUT2D eigenvalue weighted by Crippen LogP contribution is -2.36. The number of nitrogens with one attached hydrogen (secondary N) is 1. The number of hydrogen-bond acceptors (Lipinski definition) is 5. The Morgan fingerprint density at radius 3 is 2.67 bits per heavy atom. The van der Waals surface area contributed by atoms with Gasteiger partial charge in [0.2, 0.25) is 0 Å². The van der Waals surface area contributed by atoms with Crippen molar-refractivity contribution in [2.45, 2.75) is 45.6 Å². The van der Waals surface area contributed by atoms with E-state index in [1.165, 1.54) is 0 Å².